The molecule has 0 bridgehead atoms. The molecule has 0 spiro atoms. The van der Waals surface area contributed by atoms with E-state index < -0.39 is 24.2 Å². The molecule has 230 valence electrons. The summed E-state index contributed by atoms with van der Waals surface area (Å²) < 4.78 is 84.0. The number of furan rings is 1. The highest BCUT2D eigenvalue weighted by Gasteiger charge is 2.21. The summed E-state index contributed by atoms with van der Waals surface area (Å²) >= 11 is 1.52. The van der Waals surface area contributed by atoms with Crippen LogP contribution in [-0.4, -0.2) is 0 Å². The Morgan fingerprint density at radius 3 is 2.20 bits per heavy atom. The van der Waals surface area contributed by atoms with Crippen molar-refractivity contribution in [1.82, 2.24) is 0 Å². The lowest BCUT2D eigenvalue weighted by Crippen LogP contribution is -2.10. The molecule has 49 heavy (non-hydrogen) atoms. The smallest absolute Gasteiger partial charge is 0.143 e. The third-order valence-corrected chi connectivity index (χ3v) is 10.2. The van der Waals surface area contributed by atoms with Crippen LogP contribution >= 0.6 is 11.3 Å². The molecule has 0 aliphatic carbocycles. The van der Waals surface area contributed by atoms with Crippen molar-refractivity contribution in [2.75, 3.05) is 4.90 Å². The zero-order valence-electron chi connectivity index (χ0n) is 33.9. The fourth-order valence-electron chi connectivity index (χ4n) is 6.77. The second-order valence-corrected chi connectivity index (χ2v) is 12.9. The monoisotopic (exact) mass is 651 g/mol. The summed E-state index contributed by atoms with van der Waals surface area (Å²) in [5.74, 6) is 0. The molecule has 0 radical (unpaired) electrons. The Labute approximate surface area is 299 Å². The summed E-state index contributed by atoms with van der Waals surface area (Å²) in [7, 11) is 0. The van der Waals surface area contributed by atoms with Gasteiger partial charge >= 0.3 is 0 Å². The van der Waals surface area contributed by atoms with Crippen molar-refractivity contribution in [3.05, 3.63) is 176 Å². The summed E-state index contributed by atoms with van der Waals surface area (Å²) in [6, 6.07) is 36.6. The zero-order valence-corrected chi connectivity index (χ0v) is 26.7. The van der Waals surface area contributed by atoms with Gasteiger partial charge in [-0.2, -0.15) is 0 Å². The lowest BCUT2D eigenvalue weighted by atomic mass is 10.0. The topological polar surface area (TPSA) is 16.4 Å². The maximum Gasteiger partial charge on any atom is 0.143 e. The average molecular weight is 652 g/mol. The second kappa shape index (κ2) is 11.2. The van der Waals surface area contributed by atoms with Gasteiger partial charge in [0.15, 0.2) is 0 Å². The number of hydrogen-bond donors (Lipinski definition) is 0. The van der Waals surface area contributed by atoms with Gasteiger partial charge in [0.1, 0.15) is 11.2 Å². The molecule has 3 heteroatoms. The van der Waals surface area contributed by atoms with Crippen molar-refractivity contribution in [2.24, 2.45) is 0 Å². The summed E-state index contributed by atoms with van der Waals surface area (Å²) in [5.41, 5.74) is 2.36. The van der Waals surface area contributed by atoms with E-state index in [2.05, 4.69) is 0 Å². The molecule has 0 N–H and O–H groups in total. The number of anilines is 3. The molecule has 0 saturated carbocycles. The highest BCUT2D eigenvalue weighted by Crippen LogP contribution is 2.46. The van der Waals surface area contributed by atoms with E-state index in [0.29, 0.717) is 38.8 Å². The van der Waals surface area contributed by atoms with E-state index in [1.807, 2.05) is 84.9 Å². The van der Waals surface area contributed by atoms with E-state index >= 15 is 0 Å². The van der Waals surface area contributed by atoms with Crippen molar-refractivity contribution >= 4 is 81.3 Å². The van der Waals surface area contributed by atoms with Crippen molar-refractivity contribution in [1.29, 1.82) is 0 Å². The van der Waals surface area contributed by atoms with Gasteiger partial charge in [-0.05, 0) is 76.1 Å². The summed E-state index contributed by atoms with van der Waals surface area (Å²) in [6.07, 6.45) is 0. The van der Waals surface area contributed by atoms with Crippen LogP contribution in [0.2, 0.25) is 0 Å². The van der Waals surface area contributed by atoms with Gasteiger partial charge in [-0.25, -0.2) is 0 Å². The molecule has 2 aromatic heterocycles. The van der Waals surface area contributed by atoms with Crippen LogP contribution in [0.1, 0.15) is 11.0 Å². The predicted octanol–water partition coefficient (Wildman–Crippen LogP) is 13.9. The molecule has 10 aromatic rings. The molecule has 0 aliphatic rings. The fraction of sp³-hybridized carbons (Fsp3) is 0. The zero-order chi connectivity index (χ0) is 39.3. The number of rotatable bonds is 5. The van der Waals surface area contributed by atoms with E-state index in [1.54, 1.807) is 42.5 Å². The van der Waals surface area contributed by atoms with Crippen LogP contribution in [0.3, 0.4) is 0 Å². The van der Waals surface area contributed by atoms with Crippen molar-refractivity contribution < 1.29 is 15.4 Å². The average Bonchev–Trinajstić information content (AvgIpc) is 3.82. The van der Waals surface area contributed by atoms with Gasteiger partial charge in [-0.15, -0.1) is 11.3 Å². The van der Waals surface area contributed by atoms with Crippen LogP contribution in [0.5, 0.6) is 0 Å². The lowest BCUT2D eigenvalue weighted by molar-refractivity contribution is 0.672. The molecule has 0 amide bonds. The molecule has 10 rings (SSSR count). The summed E-state index contributed by atoms with van der Waals surface area (Å²) in [5, 5.41) is 5.06. The summed E-state index contributed by atoms with van der Waals surface area (Å²) in [6.45, 7) is 0. The van der Waals surface area contributed by atoms with E-state index in [4.69, 9.17) is 4.42 Å². The van der Waals surface area contributed by atoms with Gasteiger partial charge in [0.2, 0.25) is 0 Å². The van der Waals surface area contributed by atoms with Crippen LogP contribution in [0.15, 0.2) is 180 Å². The van der Waals surface area contributed by atoms with E-state index in [0.717, 1.165) is 30.9 Å². The Balaban J connectivity index is 1.35. The first kappa shape index (κ1) is 20.9. The van der Waals surface area contributed by atoms with Gasteiger partial charge in [0, 0.05) is 42.3 Å². The van der Waals surface area contributed by atoms with Crippen LogP contribution < -0.4 is 4.90 Å². The lowest BCUT2D eigenvalue weighted by Gasteiger charge is -2.27. The number of hydrogen-bond acceptors (Lipinski definition) is 3. The van der Waals surface area contributed by atoms with Crippen LogP contribution in [0, 0.1) is 0 Å². The molecule has 0 atom stereocenters. The predicted molar refractivity (Wildman–Crippen MR) is 210 cm³/mol. The Hall–Kier alpha value is -6.16. The van der Waals surface area contributed by atoms with E-state index in [-0.39, 0.29) is 46.7 Å². The maximum absolute atomic E-state index is 9.97. The molecule has 8 aromatic carbocycles. The molecule has 2 nitrogen and oxygen atoms in total. The Kier molecular flexibility index (Phi) is 4.80. The quantitative estimate of drug-likeness (QED) is 0.184. The first-order valence-corrected chi connectivity index (χ1v) is 16.8. The van der Waals surface area contributed by atoms with Crippen LogP contribution in [0.25, 0.3) is 75.1 Å². The summed E-state index contributed by atoms with van der Waals surface area (Å²) in [4.78, 5) is 1.42. The van der Waals surface area contributed by atoms with E-state index in [1.165, 1.54) is 16.2 Å². The first-order chi connectivity index (χ1) is 27.7. The standard InChI is InChI=1S/C46H29NOS/c1-2-11-30(12-3-1)31-23-26-34(27-24-31)47(41-20-10-21-42-44(41)40-28-25-32-13-4-5-16-36(32)45(40)48-42)35-15-8-14-33(29-35)37-18-9-19-39-38-17-6-7-22-43(38)49-46(37)39/h1-29H/i8D,14D,15D,23D,24D,26D,27D,29D. The molecule has 2 heterocycles. The van der Waals surface area contributed by atoms with Crippen LogP contribution in [-0.2, 0) is 0 Å². The van der Waals surface area contributed by atoms with Crippen molar-refractivity contribution in [2.45, 2.75) is 0 Å². The molecule has 0 unspecified atom stereocenters. The fourth-order valence-corrected chi connectivity index (χ4v) is 7.99. The van der Waals surface area contributed by atoms with Crippen molar-refractivity contribution in [3.8, 4) is 22.3 Å². The minimum absolute atomic E-state index is 0.116. The number of thiophene rings is 1. The van der Waals surface area contributed by atoms with Crippen molar-refractivity contribution in [3.63, 3.8) is 0 Å². The Morgan fingerprint density at radius 2 is 1.31 bits per heavy atom. The highest BCUT2D eigenvalue weighted by atomic mass is 32.1. The molecule has 0 saturated heterocycles. The normalized spacial score (nSPS) is 14.0. The van der Waals surface area contributed by atoms with Gasteiger partial charge in [0.25, 0.3) is 0 Å². The van der Waals surface area contributed by atoms with Gasteiger partial charge in [-0.3, -0.25) is 0 Å². The second-order valence-electron chi connectivity index (χ2n) is 11.8. The molecular weight excluding hydrogens is 615 g/mol. The number of benzene rings is 8. The van der Waals surface area contributed by atoms with Crippen LogP contribution in [0.4, 0.5) is 17.1 Å². The molecular formula is C46H29NOS. The van der Waals surface area contributed by atoms with E-state index in [9.17, 15) is 11.0 Å². The molecule has 0 fully saturated rings. The first-order valence-electron chi connectivity index (χ1n) is 20.0. The largest absolute Gasteiger partial charge is 0.455 e. The third-order valence-electron chi connectivity index (χ3n) is 9.01. The molecule has 0 aliphatic heterocycles. The Bertz CT molecular complexity index is 3270. The van der Waals surface area contributed by atoms with Gasteiger partial charge < -0.3 is 9.32 Å². The van der Waals surface area contributed by atoms with Gasteiger partial charge in [-0.1, -0.05) is 127 Å². The maximum atomic E-state index is 9.97. The highest BCUT2D eigenvalue weighted by molar-refractivity contribution is 7.26. The minimum atomic E-state index is -0.462. The Morgan fingerprint density at radius 1 is 0.531 bits per heavy atom. The third kappa shape index (κ3) is 4.55. The SMILES string of the molecule is [2H]c1c([2H])c(-c2cccc3c2sc2ccccc23)c([2H])c(N(c2c([2H])c([2H])c(-c3ccccc3)c([2H])c2[2H])c2cccc3oc4c5ccccc5ccc4c23)c1[2H]. The minimum Gasteiger partial charge on any atom is -0.455 e. The number of nitrogens with zero attached hydrogens (tertiary/aromatic N) is 1. The number of fused-ring (bicyclic) bond motifs is 8. The van der Waals surface area contributed by atoms with Gasteiger partial charge in [0.05, 0.1) is 22.0 Å².